The van der Waals surface area contributed by atoms with Gasteiger partial charge in [0.1, 0.15) is 23.9 Å². The molecule has 0 bridgehead atoms. The number of rotatable bonds is 10. The van der Waals surface area contributed by atoms with Crippen molar-refractivity contribution in [1.29, 1.82) is 0 Å². The number of fused-ring (bicyclic) bond motifs is 1. The van der Waals surface area contributed by atoms with Crippen molar-refractivity contribution in [3.8, 4) is 17.2 Å². The molecule has 202 valence electrons. The summed E-state index contributed by atoms with van der Waals surface area (Å²) < 4.78 is 27.2. The molecule has 0 fully saturated rings. The van der Waals surface area contributed by atoms with Crippen LogP contribution in [0.3, 0.4) is 0 Å². The maximum atomic E-state index is 14.0. The van der Waals surface area contributed by atoms with Crippen LogP contribution in [0, 0.1) is 12.7 Å². The number of methoxy groups -OCH3 is 1. The van der Waals surface area contributed by atoms with Gasteiger partial charge in [0, 0.05) is 30.6 Å². The third-order valence-corrected chi connectivity index (χ3v) is 5.79. The van der Waals surface area contributed by atoms with E-state index in [-0.39, 0.29) is 16.8 Å². The van der Waals surface area contributed by atoms with E-state index in [0.29, 0.717) is 53.1 Å². The smallest absolute Gasteiger partial charge is 0.247 e. The van der Waals surface area contributed by atoms with Crippen LogP contribution in [-0.4, -0.2) is 59.7 Å². The number of aromatic nitrogens is 3. The molecule has 4 rings (SSSR count). The molecule has 2 heterocycles. The van der Waals surface area contributed by atoms with Crippen LogP contribution >= 0.6 is 0 Å². The Hall–Kier alpha value is -4.77. The van der Waals surface area contributed by atoms with Crippen molar-refractivity contribution in [2.75, 3.05) is 45.0 Å². The molecular weight excluding hydrogens is 503 g/mol. The van der Waals surface area contributed by atoms with Crippen molar-refractivity contribution in [2.45, 2.75) is 6.92 Å². The zero-order valence-electron chi connectivity index (χ0n) is 22.1. The maximum absolute atomic E-state index is 14.0. The van der Waals surface area contributed by atoms with Gasteiger partial charge in [-0.2, -0.15) is 4.98 Å². The van der Waals surface area contributed by atoms with Gasteiger partial charge in [0.15, 0.2) is 11.1 Å². The first-order valence-electron chi connectivity index (χ1n) is 12.1. The lowest BCUT2D eigenvalue weighted by molar-refractivity contribution is -0.111. The summed E-state index contributed by atoms with van der Waals surface area (Å²) in [6.45, 7) is 6.29. The Morgan fingerprint density at radius 3 is 2.67 bits per heavy atom. The molecule has 0 spiro atoms. The van der Waals surface area contributed by atoms with E-state index in [1.54, 1.807) is 35.8 Å². The number of aryl methyl sites for hydroxylation is 1. The minimum absolute atomic E-state index is 0.151. The summed E-state index contributed by atoms with van der Waals surface area (Å²) in [4.78, 5) is 35.7. The van der Waals surface area contributed by atoms with Crippen LogP contribution in [0.1, 0.15) is 5.69 Å². The number of benzene rings is 2. The van der Waals surface area contributed by atoms with Gasteiger partial charge in [-0.05, 0) is 51.4 Å². The lowest BCUT2D eigenvalue weighted by atomic mass is 10.2. The Balaban J connectivity index is 1.79. The molecule has 11 heteroatoms. The predicted octanol–water partition coefficient (Wildman–Crippen LogP) is 4.05. The molecular formula is C28H29FN6O4. The van der Waals surface area contributed by atoms with Crippen molar-refractivity contribution < 1.29 is 18.7 Å². The lowest BCUT2D eigenvalue weighted by Gasteiger charge is -2.18. The average molecular weight is 533 g/mol. The molecule has 0 radical (unpaired) electrons. The molecule has 0 aliphatic rings. The topological polar surface area (TPSA) is 111 Å². The first-order chi connectivity index (χ1) is 18.7. The fourth-order valence-electron chi connectivity index (χ4n) is 3.90. The van der Waals surface area contributed by atoms with Crippen molar-refractivity contribution in [1.82, 2.24) is 19.4 Å². The Kier molecular flexibility index (Phi) is 8.21. The first-order valence-corrected chi connectivity index (χ1v) is 12.1. The number of carbonyl (C=O) groups excluding carboxylic acids is 1. The number of pyridine rings is 1. The third kappa shape index (κ3) is 6.21. The summed E-state index contributed by atoms with van der Waals surface area (Å²) in [5.74, 6) is 0.127. The molecule has 0 unspecified atom stereocenters. The van der Waals surface area contributed by atoms with E-state index in [2.05, 4.69) is 27.2 Å². The van der Waals surface area contributed by atoms with Gasteiger partial charge in [0.2, 0.25) is 11.9 Å². The van der Waals surface area contributed by atoms with Crippen molar-refractivity contribution in [3.05, 3.63) is 83.1 Å². The van der Waals surface area contributed by atoms with Gasteiger partial charge in [-0.25, -0.2) is 9.37 Å². The largest absolute Gasteiger partial charge is 0.494 e. The summed E-state index contributed by atoms with van der Waals surface area (Å²) in [7, 11) is 5.35. The van der Waals surface area contributed by atoms with Crippen LogP contribution in [0.15, 0.2) is 66.1 Å². The molecule has 0 aliphatic heterocycles. The van der Waals surface area contributed by atoms with Gasteiger partial charge in [-0.3, -0.25) is 14.2 Å². The first kappa shape index (κ1) is 27.3. The highest BCUT2D eigenvalue weighted by atomic mass is 19.1. The summed E-state index contributed by atoms with van der Waals surface area (Å²) in [5, 5.41) is 6.11. The zero-order valence-corrected chi connectivity index (χ0v) is 22.1. The number of amides is 1. The molecule has 1 amide bonds. The molecule has 0 atom stereocenters. The molecule has 2 aromatic carbocycles. The van der Waals surface area contributed by atoms with E-state index >= 15 is 0 Å². The van der Waals surface area contributed by atoms with Gasteiger partial charge < -0.3 is 25.0 Å². The van der Waals surface area contributed by atoms with Crippen molar-refractivity contribution in [3.63, 3.8) is 0 Å². The quantitative estimate of drug-likeness (QED) is 0.295. The van der Waals surface area contributed by atoms with E-state index in [0.717, 1.165) is 6.08 Å². The van der Waals surface area contributed by atoms with Crippen LogP contribution in [0.4, 0.5) is 21.7 Å². The molecule has 2 N–H and O–H groups in total. The number of nitrogens with zero attached hydrogens (tertiary/aromatic N) is 4. The van der Waals surface area contributed by atoms with Gasteiger partial charge >= 0.3 is 0 Å². The van der Waals surface area contributed by atoms with Crippen LogP contribution in [0.5, 0.6) is 11.5 Å². The number of nitrogens with one attached hydrogen (secondary N) is 2. The van der Waals surface area contributed by atoms with E-state index in [9.17, 15) is 14.0 Å². The van der Waals surface area contributed by atoms with Crippen molar-refractivity contribution >= 4 is 34.3 Å². The molecule has 2 aromatic heterocycles. The number of carbonyl (C=O) groups is 1. The fraction of sp³-hybridized carbons (Fsp3) is 0.214. The standard InChI is InChI=1S/C28H29FN6O4/c1-6-26(37)31-22-14-21(24(38-5)15-25(22)39-11-10-34(3)4)32-28-30-16-20-23(36)12-17(2)35(27(20)33-28)19-9-7-8-18(29)13-19/h6-9,12-16H,1,10-11H2,2-5H3,(H,31,37)(H,30,32,33). The number of likely N-dealkylation sites (N-methyl/N-ethyl adjacent to an activating group) is 1. The highest BCUT2D eigenvalue weighted by Crippen LogP contribution is 2.38. The average Bonchev–Trinajstić information content (AvgIpc) is 2.89. The highest BCUT2D eigenvalue weighted by Gasteiger charge is 2.17. The second kappa shape index (κ2) is 11.7. The Morgan fingerprint density at radius 2 is 1.97 bits per heavy atom. The fourth-order valence-corrected chi connectivity index (χ4v) is 3.90. The van der Waals surface area contributed by atoms with E-state index in [1.165, 1.54) is 31.5 Å². The molecule has 0 saturated heterocycles. The minimum Gasteiger partial charge on any atom is -0.494 e. The lowest BCUT2D eigenvalue weighted by Crippen LogP contribution is -2.20. The summed E-state index contributed by atoms with van der Waals surface area (Å²) in [6.07, 6.45) is 2.56. The molecule has 4 aromatic rings. The predicted molar refractivity (Wildman–Crippen MR) is 149 cm³/mol. The van der Waals surface area contributed by atoms with E-state index < -0.39 is 11.7 Å². The second-order valence-electron chi connectivity index (χ2n) is 8.91. The number of hydrogen-bond acceptors (Lipinski definition) is 8. The van der Waals surface area contributed by atoms with Gasteiger partial charge in [0.05, 0.1) is 29.6 Å². The van der Waals surface area contributed by atoms with E-state index in [1.807, 2.05) is 19.0 Å². The summed E-state index contributed by atoms with van der Waals surface area (Å²) >= 11 is 0. The van der Waals surface area contributed by atoms with Crippen LogP contribution in [-0.2, 0) is 4.79 Å². The highest BCUT2D eigenvalue weighted by molar-refractivity contribution is 6.00. The van der Waals surface area contributed by atoms with Crippen molar-refractivity contribution in [2.24, 2.45) is 0 Å². The third-order valence-electron chi connectivity index (χ3n) is 5.79. The monoisotopic (exact) mass is 532 g/mol. The number of ether oxygens (including phenoxy) is 2. The number of anilines is 3. The molecule has 0 saturated carbocycles. The number of hydrogen-bond donors (Lipinski definition) is 2. The summed E-state index contributed by atoms with van der Waals surface area (Å²) in [5.41, 5.74) is 1.94. The van der Waals surface area contributed by atoms with Gasteiger partial charge in [-0.1, -0.05) is 12.6 Å². The Morgan fingerprint density at radius 1 is 1.18 bits per heavy atom. The zero-order chi connectivity index (χ0) is 28.1. The Labute approximate surface area is 224 Å². The molecule has 10 nitrogen and oxygen atoms in total. The van der Waals surface area contributed by atoms with Crippen LogP contribution in [0.2, 0.25) is 0 Å². The molecule has 0 aliphatic carbocycles. The van der Waals surface area contributed by atoms with Crippen LogP contribution in [0.25, 0.3) is 16.7 Å². The SMILES string of the molecule is C=CC(=O)Nc1cc(Nc2ncc3c(=O)cc(C)n(-c4cccc(F)c4)c3n2)c(OC)cc1OCCN(C)C. The van der Waals surface area contributed by atoms with Gasteiger partial charge in [-0.15, -0.1) is 0 Å². The van der Waals surface area contributed by atoms with E-state index in [4.69, 9.17) is 9.47 Å². The number of halogens is 1. The maximum Gasteiger partial charge on any atom is 0.247 e. The normalized spacial score (nSPS) is 10.9. The minimum atomic E-state index is -0.419. The summed E-state index contributed by atoms with van der Waals surface area (Å²) in [6, 6.07) is 10.7. The van der Waals surface area contributed by atoms with Gasteiger partial charge in [0.25, 0.3) is 0 Å². The van der Waals surface area contributed by atoms with Crippen LogP contribution < -0.4 is 25.5 Å². The second-order valence-corrected chi connectivity index (χ2v) is 8.91. The Bertz CT molecular complexity index is 1600. The molecule has 39 heavy (non-hydrogen) atoms.